The van der Waals surface area contributed by atoms with Gasteiger partial charge in [-0.2, -0.15) is 0 Å². The van der Waals surface area contributed by atoms with Gasteiger partial charge >= 0.3 is 0 Å². The van der Waals surface area contributed by atoms with E-state index in [4.69, 9.17) is 9.97 Å². The monoisotopic (exact) mass is 577 g/mol. The first kappa shape index (κ1) is 23.9. The van der Waals surface area contributed by atoms with E-state index in [2.05, 4.69) is 144 Å². The van der Waals surface area contributed by atoms with Crippen molar-refractivity contribution in [3.05, 3.63) is 140 Å². The van der Waals surface area contributed by atoms with Crippen LogP contribution < -0.4 is 0 Å². The van der Waals surface area contributed by atoms with Crippen LogP contribution in [-0.2, 0) is 0 Å². The van der Waals surface area contributed by atoms with Gasteiger partial charge < -0.3 is 0 Å². The predicted molar refractivity (Wildman–Crippen MR) is 185 cm³/mol. The van der Waals surface area contributed by atoms with E-state index in [1.165, 1.54) is 47.6 Å². The Morgan fingerprint density at radius 2 is 1.18 bits per heavy atom. The fourth-order valence-corrected chi connectivity index (χ4v) is 8.14. The maximum atomic E-state index is 5.50. The Balaban J connectivity index is 1.39. The number of hydrogen-bond acceptors (Lipinski definition) is 3. The molecule has 3 nitrogen and oxygen atoms in total. The second kappa shape index (κ2) is 8.96. The standard InChI is InChI=1S/C40H23N3S/c1-2-11-24(12-3-1)37-36-29-16-5-4-13-26(29)30-17-10-18-31-27-14-6-8-19-33(27)43(38(30)31)40(36)42-39(41-37)25-21-22-35-32(23-25)28-15-7-9-20-34(28)44-35/h1-23H. The summed E-state index contributed by atoms with van der Waals surface area (Å²) in [5.74, 6) is 1.63. The molecular weight excluding hydrogens is 555 g/mol. The third-order valence-electron chi connectivity index (χ3n) is 8.97. The summed E-state index contributed by atoms with van der Waals surface area (Å²) in [7, 11) is 0. The molecule has 9 aromatic rings. The molecule has 44 heavy (non-hydrogen) atoms. The summed E-state index contributed by atoms with van der Waals surface area (Å²) < 4.78 is 4.95. The highest BCUT2D eigenvalue weighted by Crippen LogP contribution is 2.49. The minimum absolute atomic E-state index is 0.725. The smallest absolute Gasteiger partial charge is 0.162 e. The molecule has 0 radical (unpaired) electrons. The van der Waals surface area contributed by atoms with Gasteiger partial charge in [0.2, 0.25) is 0 Å². The number of hydrogen-bond donors (Lipinski definition) is 0. The molecule has 4 heteroatoms. The first-order chi connectivity index (χ1) is 21.8. The zero-order chi connectivity index (χ0) is 28.8. The lowest BCUT2D eigenvalue weighted by Crippen LogP contribution is -2.05. The second-order valence-corrected chi connectivity index (χ2v) is 12.5. The molecule has 0 spiro atoms. The van der Waals surface area contributed by atoms with E-state index in [0.29, 0.717) is 0 Å². The molecule has 0 fully saturated rings. The van der Waals surface area contributed by atoms with Crippen molar-refractivity contribution in [1.82, 2.24) is 14.5 Å². The first-order valence-corrected chi connectivity index (χ1v) is 15.7. The lowest BCUT2D eigenvalue weighted by Gasteiger charge is -2.17. The Bertz CT molecular complexity index is 2610. The number of benzene rings is 6. The van der Waals surface area contributed by atoms with Crippen molar-refractivity contribution in [1.29, 1.82) is 0 Å². The van der Waals surface area contributed by atoms with Crippen LogP contribution in [-0.4, -0.2) is 14.5 Å². The lowest BCUT2D eigenvalue weighted by atomic mass is 9.92. The Kier molecular flexibility index (Phi) is 4.87. The Hall–Kier alpha value is -5.58. The number of rotatable bonds is 2. The van der Waals surface area contributed by atoms with Gasteiger partial charge in [-0.05, 0) is 41.5 Å². The van der Waals surface area contributed by atoms with Crippen LogP contribution in [0.15, 0.2) is 140 Å². The maximum Gasteiger partial charge on any atom is 0.162 e. The number of aromatic nitrogens is 3. The van der Waals surface area contributed by atoms with E-state index in [1.807, 2.05) is 11.3 Å². The van der Waals surface area contributed by atoms with Gasteiger partial charge in [0.1, 0.15) is 5.82 Å². The van der Waals surface area contributed by atoms with Crippen LogP contribution in [0.3, 0.4) is 0 Å². The Morgan fingerprint density at radius 1 is 0.477 bits per heavy atom. The van der Waals surface area contributed by atoms with Gasteiger partial charge in [-0.3, -0.25) is 4.57 Å². The van der Waals surface area contributed by atoms with Gasteiger partial charge in [-0.15, -0.1) is 11.3 Å². The van der Waals surface area contributed by atoms with Crippen molar-refractivity contribution in [2.24, 2.45) is 0 Å². The summed E-state index contributed by atoms with van der Waals surface area (Å²) in [6.07, 6.45) is 0. The number of nitrogens with zero attached hydrogens (tertiary/aromatic N) is 3. The minimum atomic E-state index is 0.725. The quantitative estimate of drug-likeness (QED) is 0.205. The van der Waals surface area contributed by atoms with E-state index in [0.717, 1.165) is 45.1 Å². The maximum absolute atomic E-state index is 5.50. The Labute approximate surface area is 257 Å². The van der Waals surface area contributed by atoms with E-state index in [-0.39, 0.29) is 0 Å². The topological polar surface area (TPSA) is 30.7 Å². The third-order valence-corrected chi connectivity index (χ3v) is 10.1. The molecule has 0 amide bonds. The number of para-hydroxylation sites is 2. The average Bonchev–Trinajstić information content (AvgIpc) is 3.60. The Morgan fingerprint density at radius 3 is 2.09 bits per heavy atom. The van der Waals surface area contributed by atoms with Crippen LogP contribution in [0.25, 0.3) is 92.7 Å². The molecule has 0 bridgehead atoms. The molecule has 0 unspecified atom stereocenters. The van der Waals surface area contributed by atoms with Gasteiger partial charge in [0.25, 0.3) is 0 Å². The molecule has 0 saturated heterocycles. The number of thiophene rings is 1. The van der Waals surface area contributed by atoms with E-state index >= 15 is 0 Å². The molecule has 1 aliphatic rings. The first-order valence-electron chi connectivity index (χ1n) is 14.8. The summed E-state index contributed by atoms with van der Waals surface area (Å²) in [5.41, 5.74) is 9.95. The molecule has 0 N–H and O–H groups in total. The highest BCUT2D eigenvalue weighted by Gasteiger charge is 2.29. The third kappa shape index (κ3) is 3.26. The van der Waals surface area contributed by atoms with Crippen LogP contribution in [0.2, 0.25) is 0 Å². The SMILES string of the molecule is c1ccc(-c2nc(-c3ccc4sc5ccccc5c4c3)nc3c2-c2ccccc2-c2cccc4c5ccccc5n-3c24)cc1. The highest BCUT2D eigenvalue weighted by atomic mass is 32.1. The van der Waals surface area contributed by atoms with Crippen LogP contribution in [0.1, 0.15) is 0 Å². The highest BCUT2D eigenvalue weighted by molar-refractivity contribution is 7.25. The molecule has 3 aromatic heterocycles. The summed E-state index contributed by atoms with van der Waals surface area (Å²) in [5, 5.41) is 4.97. The average molecular weight is 578 g/mol. The van der Waals surface area contributed by atoms with Gasteiger partial charge in [-0.25, -0.2) is 9.97 Å². The van der Waals surface area contributed by atoms with E-state index in [1.54, 1.807) is 0 Å². The zero-order valence-electron chi connectivity index (χ0n) is 23.5. The largest absolute Gasteiger partial charge is 0.292 e. The number of fused-ring (bicyclic) bond motifs is 11. The van der Waals surface area contributed by atoms with Gasteiger partial charge in [0.15, 0.2) is 5.82 Å². The molecule has 0 atom stereocenters. The normalized spacial score (nSPS) is 12.1. The fraction of sp³-hybridized carbons (Fsp3) is 0. The van der Waals surface area contributed by atoms with Crippen LogP contribution in [0.5, 0.6) is 0 Å². The van der Waals surface area contributed by atoms with Gasteiger partial charge in [-0.1, -0.05) is 109 Å². The fourth-order valence-electron chi connectivity index (χ4n) is 7.05. The summed E-state index contributed by atoms with van der Waals surface area (Å²) in [6, 6.07) is 49.9. The molecule has 0 saturated carbocycles. The molecule has 10 rings (SSSR count). The molecule has 0 aliphatic carbocycles. The van der Waals surface area contributed by atoms with Gasteiger partial charge in [0, 0.05) is 47.6 Å². The lowest BCUT2D eigenvalue weighted by molar-refractivity contribution is 1.06. The summed E-state index contributed by atoms with van der Waals surface area (Å²) >= 11 is 1.83. The van der Waals surface area contributed by atoms with Crippen molar-refractivity contribution < 1.29 is 0 Å². The minimum Gasteiger partial charge on any atom is -0.292 e. The van der Waals surface area contributed by atoms with Crippen molar-refractivity contribution in [2.45, 2.75) is 0 Å². The van der Waals surface area contributed by atoms with E-state index < -0.39 is 0 Å². The van der Waals surface area contributed by atoms with Gasteiger partial charge in [0.05, 0.1) is 22.3 Å². The molecule has 6 aromatic carbocycles. The zero-order valence-corrected chi connectivity index (χ0v) is 24.3. The van der Waals surface area contributed by atoms with Crippen LogP contribution in [0.4, 0.5) is 0 Å². The summed E-state index contributed by atoms with van der Waals surface area (Å²) in [6.45, 7) is 0. The van der Waals surface area contributed by atoms with Crippen molar-refractivity contribution in [3.8, 4) is 50.7 Å². The van der Waals surface area contributed by atoms with Crippen LogP contribution >= 0.6 is 11.3 Å². The van der Waals surface area contributed by atoms with Crippen molar-refractivity contribution >= 4 is 53.3 Å². The molecular formula is C40H23N3S. The van der Waals surface area contributed by atoms with Crippen LogP contribution in [0, 0.1) is 0 Å². The molecule has 204 valence electrons. The summed E-state index contributed by atoms with van der Waals surface area (Å²) in [4.78, 5) is 10.9. The van der Waals surface area contributed by atoms with Crippen molar-refractivity contribution in [3.63, 3.8) is 0 Å². The molecule has 1 aliphatic heterocycles. The van der Waals surface area contributed by atoms with E-state index in [9.17, 15) is 0 Å². The molecule has 4 heterocycles. The van der Waals surface area contributed by atoms with Crippen molar-refractivity contribution in [2.75, 3.05) is 0 Å². The predicted octanol–water partition coefficient (Wildman–Crippen LogP) is 10.9. The second-order valence-electron chi connectivity index (χ2n) is 11.4.